The second kappa shape index (κ2) is 5.09. The van der Waals surface area contributed by atoms with E-state index >= 15 is 0 Å². The van der Waals surface area contributed by atoms with Gasteiger partial charge >= 0.3 is 0 Å². The largest absolute Gasteiger partial charge is 0.284 e. The van der Waals surface area contributed by atoms with Gasteiger partial charge in [0.25, 0.3) is 10.0 Å². The Morgan fingerprint density at radius 3 is 2.71 bits per heavy atom. The van der Waals surface area contributed by atoms with Crippen LogP contribution in [-0.4, -0.2) is 18.6 Å². The Balaban J connectivity index is 1.91. The van der Waals surface area contributed by atoms with Crippen LogP contribution in [-0.2, 0) is 21.5 Å². The van der Waals surface area contributed by atoms with Gasteiger partial charge in [-0.05, 0) is 5.56 Å². The van der Waals surface area contributed by atoms with E-state index in [-0.39, 0.29) is 11.5 Å². The van der Waals surface area contributed by atoms with Gasteiger partial charge in [0.2, 0.25) is 0 Å². The molecule has 0 saturated heterocycles. The first-order chi connectivity index (χ1) is 8.18. The number of benzene rings is 1. The first kappa shape index (κ1) is 11.8. The smallest absolute Gasteiger partial charge is 0.265 e. The van der Waals surface area contributed by atoms with Gasteiger partial charge in [0.15, 0.2) is 0 Å². The normalized spacial score (nSPS) is 11.5. The summed E-state index contributed by atoms with van der Waals surface area (Å²) in [5, 5.41) is 5.97. The van der Waals surface area contributed by atoms with E-state index in [1.807, 2.05) is 35.2 Å². The second-order valence-corrected chi connectivity index (χ2v) is 4.94. The van der Waals surface area contributed by atoms with E-state index in [1.165, 1.54) is 12.4 Å². The molecule has 2 rings (SSSR count). The lowest BCUT2D eigenvalue weighted by Gasteiger charge is -2.05. The Hall–Kier alpha value is -1.70. The fraction of sp³-hybridized carbons (Fsp3) is 0.100. The van der Waals surface area contributed by atoms with Crippen LogP contribution in [0.5, 0.6) is 0 Å². The van der Waals surface area contributed by atoms with Gasteiger partial charge in [0.1, 0.15) is 4.90 Å². The molecule has 0 atom stereocenters. The van der Waals surface area contributed by atoms with Crippen LogP contribution in [0, 0.1) is 0 Å². The van der Waals surface area contributed by atoms with Crippen LogP contribution in [0.25, 0.3) is 0 Å². The molecule has 0 amide bonds. The third-order valence-corrected chi connectivity index (χ3v) is 3.21. The molecule has 1 heterocycles. The Morgan fingerprint density at radius 1 is 1.29 bits per heavy atom. The topological polar surface area (TPSA) is 84.1 Å². The molecule has 0 aliphatic heterocycles. The molecule has 0 spiro atoms. The van der Waals surface area contributed by atoms with Crippen molar-refractivity contribution < 1.29 is 13.3 Å². The van der Waals surface area contributed by atoms with Gasteiger partial charge < -0.3 is 0 Å². The van der Waals surface area contributed by atoms with Crippen molar-refractivity contribution in [3.8, 4) is 0 Å². The molecular weight excluding hydrogens is 242 g/mol. The standard InChI is InChI=1S/C10H11N3O3S/c14-17(15,10-6-11-12-7-10)13-16-8-9-4-2-1-3-5-9/h1-7,13H,8H2,(H,11,12). The van der Waals surface area contributed by atoms with E-state index in [0.29, 0.717) is 0 Å². The van der Waals surface area contributed by atoms with Crippen molar-refractivity contribution in [3.05, 3.63) is 48.3 Å². The van der Waals surface area contributed by atoms with Crippen LogP contribution in [0.4, 0.5) is 0 Å². The van der Waals surface area contributed by atoms with E-state index in [4.69, 9.17) is 4.84 Å². The summed E-state index contributed by atoms with van der Waals surface area (Å²) in [6, 6.07) is 9.25. The molecule has 2 aromatic rings. The molecule has 7 heteroatoms. The summed E-state index contributed by atoms with van der Waals surface area (Å²) in [6.45, 7) is 0.165. The predicted molar refractivity (Wildman–Crippen MR) is 60.1 cm³/mol. The number of nitrogens with zero attached hydrogens (tertiary/aromatic N) is 1. The molecule has 1 aromatic carbocycles. The van der Waals surface area contributed by atoms with E-state index < -0.39 is 10.0 Å². The molecule has 90 valence electrons. The van der Waals surface area contributed by atoms with Gasteiger partial charge in [-0.15, -0.1) is 0 Å². The van der Waals surface area contributed by atoms with Crippen molar-refractivity contribution in [1.82, 2.24) is 15.1 Å². The molecular formula is C10H11N3O3S. The molecule has 0 aliphatic carbocycles. The van der Waals surface area contributed by atoms with E-state index in [9.17, 15) is 8.42 Å². The molecule has 0 aliphatic rings. The summed E-state index contributed by atoms with van der Waals surface area (Å²) in [4.78, 5) is 6.98. The number of aromatic amines is 1. The number of aromatic nitrogens is 2. The SMILES string of the molecule is O=S(=O)(NOCc1ccccc1)c1cn[nH]c1. The minimum Gasteiger partial charge on any atom is -0.284 e. The Bertz CT molecular complexity index is 552. The van der Waals surface area contributed by atoms with E-state index in [0.717, 1.165) is 5.56 Å². The fourth-order valence-electron chi connectivity index (χ4n) is 1.20. The molecule has 0 saturated carbocycles. The van der Waals surface area contributed by atoms with Crippen LogP contribution in [0.2, 0.25) is 0 Å². The van der Waals surface area contributed by atoms with Gasteiger partial charge in [-0.1, -0.05) is 35.2 Å². The summed E-state index contributed by atoms with van der Waals surface area (Å²) in [5.74, 6) is 0. The quantitative estimate of drug-likeness (QED) is 0.773. The summed E-state index contributed by atoms with van der Waals surface area (Å²) >= 11 is 0. The highest BCUT2D eigenvalue weighted by Gasteiger charge is 2.14. The van der Waals surface area contributed by atoms with Gasteiger partial charge in [0, 0.05) is 6.20 Å². The lowest BCUT2D eigenvalue weighted by atomic mass is 10.2. The number of H-pyrrole nitrogens is 1. The third-order valence-electron chi connectivity index (χ3n) is 2.03. The number of rotatable bonds is 5. The molecule has 1 aromatic heterocycles. The maximum Gasteiger partial charge on any atom is 0.265 e. The maximum absolute atomic E-state index is 11.6. The first-order valence-electron chi connectivity index (χ1n) is 4.85. The predicted octanol–water partition coefficient (Wildman–Crippen LogP) is 0.820. The number of hydrogen-bond acceptors (Lipinski definition) is 4. The van der Waals surface area contributed by atoms with Crippen LogP contribution in [0.1, 0.15) is 5.56 Å². The van der Waals surface area contributed by atoms with Gasteiger partial charge in [0.05, 0.1) is 12.8 Å². The molecule has 0 bridgehead atoms. The van der Waals surface area contributed by atoms with Crippen molar-refractivity contribution in [1.29, 1.82) is 0 Å². The highest BCUT2D eigenvalue weighted by Crippen LogP contribution is 2.05. The highest BCUT2D eigenvalue weighted by atomic mass is 32.2. The van der Waals surface area contributed by atoms with E-state index in [1.54, 1.807) is 0 Å². The summed E-state index contributed by atoms with van der Waals surface area (Å²) < 4.78 is 23.2. The van der Waals surface area contributed by atoms with Gasteiger partial charge in [-0.3, -0.25) is 9.94 Å². The van der Waals surface area contributed by atoms with Gasteiger partial charge in [-0.2, -0.15) is 5.10 Å². The minimum absolute atomic E-state index is 0.0329. The Morgan fingerprint density at radius 2 is 2.06 bits per heavy atom. The maximum atomic E-state index is 11.6. The Kier molecular flexibility index (Phi) is 3.52. The van der Waals surface area contributed by atoms with Crippen LogP contribution >= 0.6 is 0 Å². The van der Waals surface area contributed by atoms with Crippen molar-refractivity contribution in [3.63, 3.8) is 0 Å². The summed E-state index contributed by atoms with van der Waals surface area (Å²) in [7, 11) is -3.65. The molecule has 0 radical (unpaired) electrons. The van der Waals surface area contributed by atoms with Crippen molar-refractivity contribution in [2.75, 3.05) is 0 Å². The fourth-order valence-corrected chi connectivity index (χ4v) is 1.91. The minimum atomic E-state index is -3.65. The second-order valence-electron chi connectivity index (χ2n) is 3.30. The summed E-state index contributed by atoms with van der Waals surface area (Å²) in [6.07, 6.45) is 2.47. The van der Waals surface area contributed by atoms with Crippen molar-refractivity contribution >= 4 is 10.0 Å². The number of sulfonamides is 1. The van der Waals surface area contributed by atoms with Crippen LogP contribution < -0.4 is 4.89 Å². The van der Waals surface area contributed by atoms with Crippen LogP contribution in [0.3, 0.4) is 0 Å². The highest BCUT2D eigenvalue weighted by molar-refractivity contribution is 7.89. The zero-order valence-electron chi connectivity index (χ0n) is 8.83. The Labute approximate surface area is 98.6 Å². The van der Waals surface area contributed by atoms with E-state index in [2.05, 4.69) is 10.2 Å². The molecule has 0 unspecified atom stereocenters. The molecule has 0 fully saturated rings. The van der Waals surface area contributed by atoms with Crippen molar-refractivity contribution in [2.45, 2.75) is 11.5 Å². The number of hydrogen-bond donors (Lipinski definition) is 2. The van der Waals surface area contributed by atoms with Crippen molar-refractivity contribution in [2.24, 2.45) is 0 Å². The number of nitrogens with one attached hydrogen (secondary N) is 2. The van der Waals surface area contributed by atoms with Crippen LogP contribution in [0.15, 0.2) is 47.6 Å². The third kappa shape index (κ3) is 3.13. The van der Waals surface area contributed by atoms with Gasteiger partial charge in [-0.25, -0.2) is 8.42 Å². The zero-order chi connectivity index (χ0) is 12.1. The molecule has 17 heavy (non-hydrogen) atoms. The average molecular weight is 253 g/mol. The molecule has 6 nitrogen and oxygen atoms in total. The summed E-state index contributed by atoms with van der Waals surface area (Å²) in [5.41, 5.74) is 0.877. The average Bonchev–Trinajstić information content (AvgIpc) is 2.84. The molecule has 2 N–H and O–H groups in total. The lowest BCUT2D eigenvalue weighted by molar-refractivity contribution is 0.0795. The monoisotopic (exact) mass is 253 g/mol. The lowest BCUT2D eigenvalue weighted by Crippen LogP contribution is -2.23. The zero-order valence-corrected chi connectivity index (χ0v) is 9.65. The first-order valence-corrected chi connectivity index (χ1v) is 6.33.